The van der Waals surface area contributed by atoms with Gasteiger partial charge in [0.25, 0.3) is 0 Å². The van der Waals surface area contributed by atoms with Crippen LogP contribution in [0.1, 0.15) is 47.8 Å². The average molecular weight is 365 g/mol. The molecule has 1 aliphatic rings. The fraction of sp³-hybridized carbons (Fsp3) is 0.421. The quantitative estimate of drug-likeness (QED) is 0.648. The minimum Gasteiger partial charge on any atom is -0.348 e. The topological polar surface area (TPSA) is 101 Å². The van der Waals surface area contributed by atoms with Gasteiger partial charge in [0, 0.05) is 12.1 Å². The Morgan fingerprint density at radius 1 is 1.19 bits per heavy atom. The molecule has 0 spiro atoms. The molecule has 0 saturated heterocycles. The number of hydrogen-bond acceptors (Lipinski definition) is 5. The molecule has 8 nitrogen and oxygen atoms in total. The van der Waals surface area contributed by atoms with Crippen LogP contribution < -0.4 is 5.32 Å². The summed E-state index contributed by atoms with van der Waals surface area (Å²) in [7, 11) is 0. The second-order valence-electron chi connectivity index (χ2n) is 6.90. The average Bonchev–Trinajstić information content (AvgIpc) is 3.30. The van der Waals surface area contributed by atoms with E-state index in [0.29, 0.717) is 13.0 Å². The van der Waals surface area contributed by atoms with Gasteiger partial charge in [-0.2, -0.15) is 5.10 Å². The van der Waals surface area contributed by atoms with Gasteiger partial charge in [-0.3, -0.25) is 9.89 Å². The molecule has 4 rings (SSSR count). The van der Waals surface area contributed by atoms with Crippen LogP contribution in [0.2, 0.25) is 0 Å². The van der Waals surface area contributed by atoms with E-state index in [1.807, 2.05) is 30.3 Å². The Morgan fingerprint density at radius 3 is 2.85 bits per heavy atom. The molecule has 27 heavy (non-hydrogen) atoms. The first-order valence-corrected chi connectivity index (χ1v) is 9.40. The molecule has 1 atom stereocenters. The second-order valence-corrected chi connectivity index (χ2v) is 6.90. The molecule has 2 heterocycles. The number of nitrogens with one attached hydrogen (secondary N) is 2. The zero-order valence-corrected chi connectivity index (χ0v) is 15.1. The Labute approximate surface area is 157 Å². The van der Waals surface area contributed by atoms with Gasteiger partial charge in [-0.1, -0.05) is 36.8 Å². The first-order chi connectivity index (χ1) is 13.3. The van der Waals surface area contributed by atoms with Gasteiger partial charge in [-0.05, 0) is 47.2 Å². The van der Waals surface area contributed by atoms with Gasteiger partial charge in [0.15, 0.2) is 0 Å². The van der Waals surface area contributed by atoms with Crippen molar-refractivity contribution in [2.45, 2.75) is 51.1 Å². The highest BCUT2D eigenvalue weighted by molar-refractivity contribution is 5.80. The molecule has 8 heteroatoms. The van der Waals surface area contributed by atoms with Crippen LogP contribution >= 0.6 is 0 Å². The molecule has 3 aromatic rings. The van der Waals surface area contributed by atoms with Crippen molar-refractivity contribution in [3.05, 3.63) is 59.2 Å². The van der Waals surface area contributed by atoms with Crippen molar-refractivity contribution < 1.29 is 4.79 Å². The van der Waals surface area contributed by atoms with Crippen LogP contribution in [0.3, 0.4) is 0 Å². The predicted molar refractivity (Wildman–Crippen MR) is 98.7 cm³/mol. The molecule has 0 unspecified atom stereocenters. The number of H-pyrrole nitrogens is 1. The van der Waals surface area contributed by atoms with E-state index < -0.39 is 6.04 Å². The molecule has 1 aromatic carbocycles. The number of carbonyl (C=O) groups excluding carboxylic acids is 1. The summed E-state index contributed by atoms with van der Waals surface area (Å²) in [5.41, 5.74) is 4.49. The molecule has 0 saturated carbocycles. The van der Waals surface area contributed by atoms with E-state index in [9.17, 15) is 4.79 Å². The Hall–Kier alpha value is -3.03. The van der Waals surface area contributed by atoms with E-state index in [1.54, 1.807) is 0 Å². The maximum Gasteiger partial charge on any atom is 0.245 e. The molecule has 1 aliphatic carbocycles. The largest absolute Gasteiger partial charge is 0.348 e. The summed E-state index contributed by atoms with van der Waals surface area (Å²) < 4.78 is 1.51. The Morgan fingerprint density at radius 2 is 2.04 bits per heavy atom. The lowest BCUT2D eigenvalue weighted by Crippen LogP contribution is -2.34. The smallest absolute Gasteiger partial charge is 0.245 e. The Kier molecular flexibility index (Phi) is 5.22. The summed E-state index contributed by atoms with van der Waals surface area (Å²) >= 11 is 0. The van der Waals surface area contributed by atoms with Crippen molar-refractivity contribution in [2.24, 2.45) is 0 Å². The first-order valence-electron chi connectivity index (χ1n) is 9.40. The van der Waals surface area contributed by atoms with Crippen LogP contribution in [0.15, 0.2) is 36.7 Å². The number of hydrogen-bond donors (Lipinski definition) is 2. The molecule has 0 fully saturated rings. The number of rotatable bonds is 6. The van der Waals surface area contributed by atoms with Crippen molar-refractivity contribution in [2.75, 3.05) is 0 Å². The summed E-state index contributed by atoms with van der Waals surface area (Å²) in [5.74, 6) is -0.114. The number of aryl methyl sites for hydroxylation is 1. The highest BCUT2D eigenvalue weighted by atomic mass is 16.2. The lowest BCUT2D eigenvalue weighted by Gasteiger charge is -2.16. The molecule has 0 aliphatic heterocycles. The van der Waals surface area contributed by atoms with Gasteiger partial charge in [0.05, 0.1) is 12.2 Å². The predicted octanol–water partition coefficient (Wildman–Crippen LogP) is 1.77. The van der Waals surface area contributed by atoms with Crippen molar-refractivity contribution in [1.29, 1.82) is 0 Å². The number of amides is 1. The molecule has 0 radical (unpaired) electrons. The second kappa shape index (κ2) is 8.11. The van der Waals surface area contributed by atoms with Gasteiger partial charge in [-0.25, -0.2) is 4.68 Å². The van der Waals surface area contributed by atoms with E-state index in [0.717, 1.165) is 24.1 Å². The summed E-state index contributed by atoms with van der Waals surface area (Å²) in [6.45, 7) is 0.415. The molecule has 2 aromatic heterocycles. The number of carbonyl (C=O) groups is 1. The van der Waals surface area contributed by atoms with Crippen LogP contribution in [0, 0.1) is 0 Å². The van der Waals surface area contributed by atoms with Gasteiger partial charge in [-0.15, -0.1) is 5.10 Å². The highest BCUT2D eigenvalue weighted by Crippen LogP contribution is 2.22. The third-order valence-corrected chi connectivity index (χ3v) is 5.08. The van der Waals surface area contributed by atoms with E-state index in [2.05, 4.69) is 31.0 Å². The monoisotopic (exact) mass is 365 g/mol. The number of tetrazole rings is 1. The van der Waals surface area contributed by atoms with Crippen molar-refractivity contribution in [3.8, 4) is 0 Å². The highest BCUT2D eigenvalue weighted by Gasteiger charge is 2.23. The van der Waals surface area contributed by atoms with Crippen molar-refractivity contribution in [3.63, 3.8) is 0 Å². The van der Waals surface area contributed by atoms with E-state index in [1.165, 1.54) is 41.5 Å². The standard InChI is InChI=1S/C19H23N7O/c27-19(20-12-17-15-9-5-2-6-10-16(15)22-23-17)18(26-13-21-24-25-26)11-14-7-3-1-4-8-14/h1,3-4,7-8,13,18H,2,5-6,9-12H2,(H,20,27)(H,22,23)/t18-/m1/s1. The molecule has 1 amide bonds. The van der Waals surface area contributed by atoms with Gasteiger partial charge in [0.2, 0.25) is 5.91 Å². The maximum atomic E-state index is 12.9. The van der Waals surface area contributed by atoms with Gasteiger partial charge in [0.1, 0.15) is 12.4 Å². The van der Waals surface area contributed by atoms with Crippen molar-refractivity contribution >= 4 is 5.91 Å². The van der Waals surface area contributed by atoms with Gasteiger partial charge < -0.3 is 5.32 Å². The summed E-state index contributed by atoms with van der Waals surface area (Å²) in [6.07, 6.45) is 7.68. The number of aromatic nitrogens is 6. The minimum atomic E-state index is -0.500. The van der Waals surface area contributed by atoms with Crippen LogP contribution in [0.25, 0.3) is 0 Å². The molecule has 2 N–H and O–H groups in total. The zero-order valence-electron chi connectivity index (χ0n) is 15.1. The summed E-state index contributed by atoms with van der Waals surface area (Å²) in [4.78, 5) is 12.9. The van der Waals surface area contributed by atoms with E-state index in [4.69, 9.17) is 0 Å². The molecular formula is C19H23N7O. The Bertz CT molecular complexity index is 873. The van der Waals surface area contributed by atoms with Crippen molar-refractivity contribution in [1.82, 2.24) is 35.7 Å². The Balaban J connectivity index is 1.47. The maximum absolute atomic E-state index is 12.9. The lowest BCUT2D eigenvalue weighted by molar-refractivity contribution is -0.124. The van der Waals surface area contributed by atoms with Crippen LogP contribution in [0.5, 0.6) is 0 Å². The fourth-order valence-corrected chi connectivity index (χ4v) is 3.62. The van der Waals surface area contributed by atoms with Crippen LogP contribution in [-0.2, 0) is 30.6 Å². The summed E-state index contributed by atoms with van der Waals surface area (Å²) in [5, 5.41) is 21.9. The fourth-order valence-electron chi connectivity index (χ4n) is 3.62. The zero-order chi connectivity index (χ0) is 18.5. The van der Waals surface area contributed by atoms with Crippen LogP contribution in [0.4, 0.5) is 0 Å². The number of aromatic amines is 1. The molecular weight excluding hydrogens is 342 g/mol. The number of nitrogens with zero attached hydrogens (tertiary/aromatic N) is 5. The van der Waals surface area contributed by atoms with Crippen LogP contribution in [-0.4, -0.2) is 36.3 Å². The minimum absolute atomic E-state index is 0.114. The third-order valence-electron chi connectivity index (χ3n) is 5.08. The SMILES string of the molecule is O=C(NCc1n[nH]c2c1CCCCC2)[C@@H](Cc1ccccc1)n1cnnn1. The molecule has 0 bridgehead atoms. The number of fused-ring (bicyclic) bond motifs is 1. The third kappa shape index (κ3) is 4.05. The van der Waals surface area contributed by atoms with Gasteiger partial charge >= 0.3 is 0 Å². The van der Waals surface area contributed by atoms with E-state index >= 15 is 0 Å². The number of benzene rings is 1. The summed E-state index contributed by atoms with van der Waals surface area (Å²) in [6, 6.07) is 9.38. The first kappa shape index (κ1) is 17.4. The normalized spacial score (nSPS) is 15.0. The molecule has 140 valence electrons. The lowest BCUT2D eigenvalue weighted by atomic mass is 10.0. The van der Waals surface area contributed by atoms with E-state index in [-0.39, 0.29) is 5.91 Å².